The fourth-order valence-electron chi connectivity index (χ4n) is 5.63. The maximum atomic E-state index is 13.6. The van der Waals surface area contributed by atoms with Crippen molar-refractivity contribution in [3.8, 4) is 0 Å². The third kappa shape index (κ3) is 2.34. The molecule has 0 bridgehead atoms. The molecule has 3 saturated heterocycles. The highest BCUT2D eigenvalue weighted by atomic mass is 16.5. The van der Waals surface area contributed by atoms with Gasteiger partial charge in [0.25, 0.3) is 0 Å². The molecule has 3 atom stereocenters. The molecule has 3 aromatic rings. The standard InChI is InChI=1S/C26H24N2O2/c29-25-27-18-10-17-22(27)24-28(25)23(19-11-4-1-5-12-19)26(30-24,20-13-6-2-7-14-20)21-15-8-3-9-16-21/h1-9,11-16,22-24H,10,17-18H2/t22-,23+,24-/m0/s1. The molecular formula is C26H24N2O2. The normalized spacial score (nSPS) is 26.7. The Morgan fingerprint density at radius 3 is 1.97 bits per heavy atom. The highest BCUT2D eigenvalue weighted by molar-refractivity contribution is 5.80. The van der Waals surface area contributed by atoms with Gasteiger partial charge in [-0.1, -0.05) is 91.0 Å². The molecule has 0 unspecified atom stereocenters. The van der Waals surface area contributed by atoms with Gasteiger partial charge in [0.05, 0.1) is 12.1 Å². The van der Waals surface area contributed by atoms with Crippen molar-refractivity contribution in [3.05, 3.63) is 108 Å². The predicted molar refractivity (Wildman–Crippen MR) is 115 cm³/mol. The lowest BCUT2D eigenvalue weighted by atomic mass is 9.77. The van der Waals surface area contributed by atoms with E-state index in [1.807, 2.05) is 40.1 Å². The second-order valence-electron chi connectivity index (χ2n) is 8.38. The first-order valence-electron chi connectivity index (χ1n) is 10.7. The monoisotopic (exact) mass is 396 g/mol. The summed E-state index contributed by atoms with van der Waals surface area (Å²) < 4.78 is 7.06. The molecule has 0 aromatic heterocycles. The van der Waals surface area contributed by atoms with Crippen LogP contribution in [0.25, 0.3) is 0 Å². The Morgan fingerprint density at radius 1 is 0.800 bits per heavy atom. The van der Waals surface area contributed by atoms with Gasteiger partial charge in [-0.05, 0) is 29.5 Å². The molecule has 0 aliphatic carbocycles. The molecular weight excluding hydrogens is 372 g/mol. The SMILES string of the molecule is O=C1N2CCC[C@H]2[C@@H]2OC(c3ccccc3)(c3ccccc3)[C@@H](c3ccccc3)N12. The van der Waals surface area contributed by atoms with Crippen molar-refractivity contribution in [2.24, 2.45) is 0 Å². The number of carbonyl (C=O) groups is 1. The molecule has 3 heterocycles. The molecule has 0 N–H and O–H groups in total. The fraction of sp³-hybridized carbons (Fsp3) is 0.269. The third-order valence-corrected chi connectivity index (χ3v) is 6.86. The van der Waals surface area contributed by atoms with Crippen LogP contribution in [0.1, 0.15) is 35.6 Å². The van der Waals surface area contributed by atoms with Crippen LogP contribution < -0.4 is 0 Å². The van der Waals surface area contributed by atoms with Gasteiger partial charge in [-0.3, -0.25) is 4.90 Å². The van der Waals surface area contributed by atoms with E-state index >= 15 is 0 Å². The van der Waals surface area contributed by atoms with Crippen molar-refractivity contribution in [3.63, 3.8) is 0 Å². The average molecular weight is 396 g/mol. The third-order valence-electron chi connectivity index (χ3n) is 6.86. The highest BCUT2D eigenvalue weighted by Crippen LogP contribution is 2.57. The van der Waals surface area contributed by atoms with E-state index in [4.69, 9.17) is 4.74 Å². The second-order valence-corrected chi connectivity index (χ2v) is 8.38. The summed E-state index contributed by atoms with van der Waals surface area (Å²) in [5, 5.41) is 0. The summed E-state index contributed by atoms with van der Waals surface area (Å²) in [6.45, 7) is 0.824. The second kappa shape index (κ2) is 6.71. The van der Waals surface area contributed by atoms with Gasteiger partial charge < -0.3 is 9.64 Å². The summed E-state index contributed by atoms with van der Waals surface area (Å²) in [6.07, 6.45) is 1.79. The summed E-state index contributed by atoms with van der Waals surface area (Å²) in [4.78, 5) is 17.6. The van der Waals surface area contributed by atoms with E-state index in [0.29, 0.717) is 0 Å². The van der Waals surface area contributed by atoms with Gasteiger partial charge >= 0.3 is 6.03 Å². The largest absolute Gasteiger partial charge is 0.338 e. The zero-order chi connectivity index (χ0) is 20.1. The van der Waals surface area contributed by atoms with Crippen LogP contribution in [-0.2, 0) is 10.3 Å². The summed E-state index contributed by atoms with van der Waals surface area (Å²) in [7, 11) is 0. The molecule has 3 aliphatic rings. The van der Waals surface area contributed by atoms with Crippen LogP contribution in [0.3, 0.4) is 0 Å². The minimum absolute atomic E-state index is 0.102. The molecule has 0 saturated carbocycles. The van der Waals surface area contributed by atoms with Crippen LogP contribution in [0, 0.1) is 0 Å². The number of rotatable bonds is 3. The first kappa shape index (κ1) is 17.7. The molecule has 4 heteroatoms. The van der Waals surface area contributed by atoms with E-state index in [9.17, 15) is 4.79 Å². The Bertz CT molecular complexity index is 1010. The van der Waals surface area contributed by atoms with Crippen molar-refractivity contribution >= 4 is 6.03 Å². The zero-order valence-corrected chi connectivity index (χ0v) is 16.7. The minimum atomic E-state index is -0.751. The number of nitrogens with zero attached hydrogens (tertiary/aromatic N) is 2. The zero-order valence-electron chi connectivity index (χ0n) is 16.7. The van der Waals surface area contributed by atoms with Gasteiger partial charge in [-0.15, -0.1) is 0 Å². The maximum absolute atomic E-state index is 13.6. The lowest BCUT2D eigenvalue weighted by molar-refractivity contribution is -0.0476. The van der Waals surface area contributed by atoms with E-state index in [1.54, 1.807) is 0 Å². The van der Waals surface area contributed by atoms with Crippen LogP contribution in [0.2, 0.25) is 0 Å². The van der Waals surface area contributed by atoms with Crippen LogP contribution in [-0.4, -0.2) is 34.6 Å². The van der Waals surface area contributed by atoms with Gasteiger partial charge in [-0.2, -0.15) is 0 Å². The van der Waals surface area contributed by atoms with E-state index in [1.165, 1.54) is 0 Å². The van der Waals surface area contributed by atoms with E-state index in [0.717, 1.165) is 36.1 Å². The number of fused-ring (bicyclic) bond motifs is 3. The molecule has 4 nitrogen and oxygen atoms in total. The topological polar surface area (TPSA) is 32.8 Å². The van der Waals surface area contributed by atoms with Crippen LogP contribution >= 0.6 is 0 Å². The Balaban J connectivity index is 1.62. The number of hydrogen-bond acceptors (Lipinski definition) is 2. The predicted octanol–water partition coefficient (Wildman–Crippen LogP) is 4.93. The van der Waals surface area contributed by atoms with Crippen molar-refractivity contribution in [1.29, 1.82) is 0 Å². The van der Waals surface area contributed by atoms with Crippen molar-refractivity contribution < 1.29 is 9.53 Å². The molecule has 0 spiro atoms. The molecule has 150 valence electrons. The van der Waals surface area contributed by atoms with Gasteiger partial charge in [0.1, 0.15) is 5.60 Å². The molecule has 30 heavy (non-hydrogen) atoms. The summed E-state index contributed by atoms with van der Waals surface area (Å²) in [6, 6.07) is 31.1. The number of ether oxygens (including phenoxy) is 1. The quantitative estimate of drug-likeness (QED) is 0.629. The first-order valence-corrected chi connectivity index (χ1v) is 10.7. The average Bonchev–Trinajstić information content (AvgIpc) is 3.49. The minimum Gasteiger partial charge on any atom is -0.338 e. The molecule has 2 amide bonds. The summed E-state index contributed by atoms with van der Waals surface area (Å²) in [5.74, 6) is 0. The van der Waals surface area contributed by atoms with E-state index in [-0.39, 0.29) is 24.3 Å². The lowest BCUT2D eigenvalue weighted by Crippen LogP contribution is -2.42. The van der Waals surface area contributed by atoms with Crippen molar-refractivity contribution in [2.75, 3.05) is 6.54 Å². The smallest absolute Gasteiger partial charge is 0.323 e. The van der Waals surface area contributed by atoms with E-state index in [2.05, 4.69) is 60.7 Å². The number of benzene rings is 3. The highest BCUT2D eigenvalue weighted by Gasteiger charge is 2.64. The Labute approximate surface area is 176 Å². The summed E-state index contributed by atoms with van der Waals surface area (Å²) in [5.41, 5.74) is 2.51. The van der Waals surface area contributed by atoms with Gasteiger partial charge in [0, 0.05) is 6.54 Å². The number of amides is 2. The Kier molecular flexibility index (Phi) is 3.96. The number of carbonyl (C=O) groups excluding carboxylic acids is 1. The van der Waals surface area contributed by atoms with Crippen LogP contribution in [0.4, 0.5) is 4.79 Å². The Hall–Kier alpha value is -3.11. The van der Waals surface area contributed by atoms with Crippen molar-refractivity contribution in [1.82, 2.24) is 9.80 Å². The molecule has 3 aromatic carbocycles. The van der Waals surface area contributed by atoms with Crippen LogP contribution in [0.15, 0.2) is 91.0 Å². The van der Waals surface area contributed by atoms with Crippen molar-refractivity contribution in [2.45, 2.75) is 36.8 Å². The molecule has 3 aliphatic heterocycles. The summed E-state index contributed by atoms with van der Waals surface area (Å²) >= 11 is 0. The first-order chi connectivity index (χ1) is 14.8. The molecule has 3 fully saturated rings. The Morgan fingerprint density at radius 2 is 1.37 bits per heavy atom. The van der Waals surface area contributed by atoms with Crippen LogP contribution in [0.5, 0.6) is 0 Å². The number of urea groups is 1. The van der Waals surface area contributed by atoms with Gasteiger partial charge in [-0.25, -0.2) is 4.79 Å². The molecule has 6 rings (SSSR count). The van der Waals surface area contributed by atoms with Gasteiger partial charge in [0.15, 0.2) is 6.23 Å². The van der Waals surface area contributed by atoms with Gasteiger partial charge in [0.2, 0.25) is 0 Å². The lowest BCUT2D eigenvalue weighted by Gasteiger charge is -2.38. The number of hydrogen-bond donors (Lipinski definition) is 0. The molecule has 0 radical (unpaired) electrons. The van der Waals surface area contributed by atoms with E-state index < -0.39 is 5.60 Å². The maximum Gasteiger partial charge on any atom is 0.323 e. The fourth-order valence-corrected chi connectivity index (χ4v) is 5.63.